The molecule has 2 N–H and O–H groups in total. The van der Waals surface area contributed by atoms with Crippen LogP contribution in [0.2, 0.25) is 10.0 Å². The van der Waals surface area contributed by atoms with Crippen LogP contribution in [0.3, 0.4) is 0 Å². The maximum atomic E-state index is 13.7. The number of hydrogen-bond donors (Lipinski definition) is 2. The third kappa shape index (κ3) is 4.24. The summed E-state index contributed by atoms with van der Waals surface area (Å²) in [4.78, 5) is 25.7. The van der Waals surface area contributed by atoms with Crippen LogP contribution in [0, 0.1) is 5.92 Å². The summed E-state index contributed by atoms with van der Waals surface area (Å²) >= 11 is 13.0. The molecule has 4 aromatic carbocycles. The van der Waals surface area contributed by atoms with Crippen LogP contribution in [0.25, 0.3) is 16.7 Å². The molecule has 0 radical (unpaired) electrons. The van der Waals surface area contributed by atoms with E-state index in [4.69, 9.17) is 32.7 Å². The maximum absolute atomic E-state index is 13.7. The first kappa shape index (κ1) is 28.3. The fourth-order valence-corrected chi connectivity index (χ4v) is 7.00. The second-order valence-electron chi connectivity index (χ2n) is 11.2. The van der Waals surface area contributed by atoms with Gasteiger partial charge in [0.2, 0.25) is 0 Å². The number of allylic oxidation sites excluding steroid dienone is 1. The highest BCUT2D eigenvalue weighted by atomic mass is 35.5. The molecule has 220 valence electrons. The van der Waals surface area contributed by atoms with Crippen molar-refractivity contribution in [1.82, 2.24) is 0 Å². The van der Waals surface area contributed by atoms with Crippen LogP contribution in [-0.2, 0) is 15.1 Å². The van der Waals surface area contributed by atoms with Crippen LogP contribution in [0.4, 0.5) is 0 Å². The van der Waals surface area contributed by atoms with E-state index in [0.29, 0.717) is 44.7 Å². The number of rotatable bonds is 5. The summed E-state index contributed by atoms with van der Waals surface area (Å²) in [5, 5.41) is 23.5. The Kier molecular flexibility index (Phi) is 6.80. The molecular formula is C36H26Cl2O6. The number of phenols is 1. The van der Waals surface area contributed by atoms with Crippen molar-refractivity contribution in [1.29, 1.82) is 0 Å². The van der Waals surface area contributed by atoms with Gasteiger partial charge < -0.3 is 24.5 Å². The summed E-state index contributed by atoms with van der Waals surface area (Å²) in [5.41, 5.74) is 2.63. The van der Waals surface area contributed by atoms with Crippen LogP contribution in [0.15, 0.2) is 102 Å². The van der Waals surface area contributed by atoms with Gasteiger partial charge in [0.25, 0.3) is 0 Å². The monoisotopic (exact) mass is 624 g/mol. The van der Waals surface area contributed by atoms with Gasteiger partial charge >= 0.3 is 5.97 Å². The van der Waals surface area contributed by atoms with Crippen LogP contribution >= 0.6 is 23.2 Å². The molecule has 3 unspecified atom stereocenters. The number of fused-ring (bicyclic) bond motifs is 6. The van der Waals surface area contributed by atoms with Crippen LogP contribution in [0.5, 0.6) is 11.5 Å². The number of aliphatic hydroxyl groups excluding tert-OH is 1. The Balaban J connectivity index is 1.58. The summed E-state index contributed by atoms with van der Waals surface area (Å²) < 4.78 is 13.3. The van der Waals surface area contributed by atoms with E-state index in [1.54, 1.807) is 18.2 Å². The summed E-state index contributed by atoms with van der Waals surface area (Å²) in [6, 6.07) is 25.0. The number of hydrogen-bond acceptors (Lipinski definition) is 6. The zero-order chi connectivity index (χ0) is 30.7. The first-order chi connectivity index (χ1) is 21.2. The number of Topliss-reactive ketones (excluding diaryl/α,β-unsaturated/α-hetero) is 1. The molecule has 0 saturated heterocycles. The van der Waals surface area contributed by atoms with E-state index in [9.17, 15) is 19.8 Å². The lowest BCUT2D eigenvalue weighted by Gasteiger charge is -2.48. The van der Waals surface area contributed by atoms with Crippen molar-refractivity contribution in [2.24, 2.45) is 5.92 Å². The van der Waals surface area contributed by atoms with Gasteiger partial charge in [-0.05, 0) is 54.3 Å². The highest BCUT2D eigenvalue weighted by molar-refractivity contribution is 6.42. The predicted molar refractivity (Wildman–Crippen MR) is 168 cm³/mol. The van der Waals surface area contributed by atoms with Crippen molar-refractivity contribution in [3.63, 3.8) is 0 Å². The first-order valence-electron chi connectivity index (χ1n) is 14.2. The Morgan fingerprint density at radius 1 is 0.886 bits per heavy atom. The minimum absolute atomic E-state index is 0.00241. The van der Waals surface area contributed by atoms with Gasteiger partial charge in [0.1, 0.15) is 29.1 Å². The molecule has 1 aliphatic carbocycles. The van der Waals surface area contributed by atoms with Crippen LogP contribution in [0.1, 0.15) is 46.8 Å². The molecule has 4 aromatic rings. The third-order valence-electron chi connectivity index (χ3n) is 8.63. The zero-order valence-electron chi connectivity index (χ0n) is 23.5. The summed E-state index contributed by atoms with van der Waals surface area (Å²) in [7, 11) is 0. The largest absolute Gasteiger partial charge is 0.507 e. The van der Waals surface area contributed by atoms with Gasteiger partial charge in [0.05, 0.1) is 27.1 Å². The average molecular weight is 626 g/mol. The third-order valence-corrected chi connectivity index (χ3v) is 9.35. The molecule has 2 heterocycles. The van der Waals surface area contributed by atoms with E-state index in [-0.39, 0.29) is 45.7 Å². The number of aliphatic hydroxyl groups is 1. The number of phenolic OH excluding ortho intramolecular Hbond substituents is 1. The molecule has 3 aliphatic rings. The highest BCUT2D eigenvalue weighted by Crippen LogP contribution is 2.61. The fraction of sp³-hybridized carbons (Fsp3) is 0.167. The molecule has 0 aromatic heterocycles. The van der Waals surface area contributed by atoms with Gasteiger partial charge in [0, 0.05) is 23.1 Å². The Labute approximate surface area is 263 Å². The van der Waals surface area contributed by atoms with E-state index in [2.05, 4.69) is 0 Å². The van der Waals surface area contributed by atoms with E-state index in [1.165, 1.54) is 13.0 Å². The summed E-state index contributed by atoms with van der Waals surface area (Å²) in [6.45, 7) is 1.50. The number of ether oxygens (including phenoxy) is 2. The standard InChI is InChI=1S/C36H26Cl2O6/c1-19(39)12-13-22-16-26-34(31(32(22)41)21-10-6-3-7-11-21)43-33-24(14-15-29(40)30(33)20-8-4-2-5-9-20)36(26)25-18-28(38)27(37)17-23(25)35(42)44-36/h2-11,14-18,26,34,40-41H,12-13H2,1H3. The van der Waals surface area contributed by atoms with Gasteiger partial charge in [-0.25, -0.2) is 4.79 Å². The van der Waals surface area contributed by atoms with Gasteiger partial charge in [0.15, 0.2) is 5.60 Å². The molecule has 0 amide bonds. The van der Waals surface area contributed by atoms with E-state index < -0.39 is 23.6 Å². The molecule has 0 saturated carbocycles. The second kappa shape index (κ2) is 10.6. The Morgan fingerprint density at radius 3 is 2.23 bits per heavy atom. The number of esters is 1. The van der Waals surface area contributed by atoms with Crippen molar-refractivity contribution in [2.45, 2.75) is 31.5 Å². The van der Waals surface area contributed by atoms with Gasteiger partial charge in [-0.3, -0.25) is 0 Å². The molecule has 7 rings (SSSR count). The average Bonchev–Trinajstić information content (AvgIpc) is 3.28. The minimum Gasteiger partial charge on any atom is -0.507 e. The molecule has 2 aliphatic heterocycles. The lowest BCUT2D eigenvalue weighted by atomic mass is 9.66. The van der Waals surface area contributed by atoms with Crippen molar-refractivity contribution in [2.75, 3.05) is 0 Å². The number of carbonyl (C=O) groups is 2. The molecule has 1 spiro atoms. The van der Waals surface area contributed by atoms with Crippen molar-refractivity contribution in [3.8, 4) is 22.6 Å². The smallest absolute Gasteiger partial charge is 0.339 e. The fourth-order valence-electron chi connectivity index (χ4n) is 6.67. The van der Waals surface area contributed by atoms with E-state index >= 15 is 0 Å². The Bertz CT molecular complexity index is 1910. The second-order valence-corrected chi connectivity index (χ2v) is 12.0. The topological polar surface area (TPSA) is 93.1 Å². The highest BCUT2D eigenvalue weighted by Gasteiger charge is 2.61. The van der Waals surface area contributed by atoms with Crippen LogP contribution in [-0.4, -0.2) is 28.1 Å². The first-order valence-corrected chi connectivity index (χ1v) is 15.0. The number of benzene rings is 4. The molecule has 0 fully saturated rings. The summed E-state index contributed by atoms with van der Waals surface area (Å²) in [5.74, 6) is -1.02. The summed E-state index contributed by atoms with van der Waals surface area (Å²) in [6.07, 6.45) is 1.46. The van der Waals surface area contributed by atoms with E-state index in [1.807, 2.05) is 66.7 Å². The lowest BCUT2D eigenvalue weighted by Crippen LogP contribution is -2.50. The molecule has 44 heavy (non-hydrogen) atoms. The van der Waals surface area contributed by atoms with Crippen molar-refractivity contribution < 1.29 is 29.3 Å². The quantitative estimate of drug-likeness (QED) is 0.216. The number of ketones is 1. The van der Waals surface area contributed by atoms with Gasteiger partial charge in [-0.1, -0.05) is 89.9 Å². The number of halogens is 2. The number of carbonyl (C=O) groups excluding carboxylic acids is 2. The maximum Gasteiger partial charge on any atom is 0.339 e. The van der Waals surface area contributed by atoms with Gasteiger partial charge in [-0.2, -0.15) is 0 Å². The normalized spacial score (nSPS) is 21.6. The van der Waals surface area contributed by atoms with Crippen molar-refractivity contribution >= 4 is 40.5 Å². The van der Waals surface area contributed by atoms with Gasteiger partial charge in [-0.15, -0.1) is 0 Å². The van der Waals surface area contributed by atoms with E-state index in [0.717, 1.165) is 0 Å². The minimum atomic E-state index is -1.47. The molecule has 6 nitrogen and oxygen atoms in total. The SMILES string of the molecule is CC(=O)CCC1=CC2C(Oc3c(ccc(O)c3-c3ccccc3)C23OC(=O)c2cc(Cl)c(Cl)cc23)C(c2ccccc2)=C1O. The Morgan fingerprint density at radius 2 is 1.55 bits per heavy atom. The van der Waals surface area contributed by atoms with Crippen LogP contribution < -0.4 is 4.74 Å². The van der Waals surface area contributed by atoms with Crippen molar-refractivity contribution in [3.05, 3.63) is 135 Å². The predicted octanol–water partition coefficient (Wildman–Crippen LogP) is 8.44. The molecule has 8 heteroatoms. The molecular weight excluding hydrogens is 599 g/mol. The Hall–Kier alpha value is -4.52. The number of aromatic hydroxyl groups is 1. The molecule has 3 atom stereocenters. The molecule has 0 bridgehead atoms. The lowest BCUT2D eigenvalue weighted by molar-refractivity contribution is -0.116. The zero-order valence-corrected chi connectivity index (χ0v) is 25.0.